The molecule has 11 heteroatoms. The van der Waals surface area contributed by atoms with Gasteiger partial charge in [-0.1, -0.05) is 11.8 Å². The largest absolute Gasteiger partial charge is 0.493 e. The number of amides is 2. The lowest BCUT2D eigenvalue weighted by molar-refractivity contribution is -0.138. The van der Waals surface area contributed by atoms with E-state index in [2.05, 4.69) is 20.8 Å². The molecule has 1 aromatic carbocycles. The Bertz CT molecular complexity index is 974. The van der Waals surface area contributed by atoms with E-state index < -0.39 is 12.0 Å². The van der Waals surface area contributed by atoms with Gasteiger partial charge in [0, 0.05) is 17.0 Å². The van der Waals surface area contributed by atoms with Crippen LogP contribution in [0.25, 0.3) is 11.5 Å². The first-order valence-corrected chi connectivity index (χ1v) is 10.1. The Kier molecular flexibility index (Phi) is 6.83. The van der Waals surface area contributed by atoms with Crippen LogP contribution in [0.1, 0.15) is 13.8 Å². The maximum absolute atomic E-state index is 12.3. The van der Waals surface area contributed by atoms with Crippen molar-refractivity contribution in [1.82, 2.24) is 20.8 Å². The zero-order valence-corrected chi connectivity index (χ0v) is 17.8. The molecule has 0 radical (unpaired) electrons. The minimum atomic E-state index is -0.482. The zero-order valence-electron chi connectivity index (χ0n) is 17.0. The number of thioether (sulfide) groups is 1. The van der Waals surface area contributed by atoms with Crippen molar-refractivity contribution in [3.8, 4) is 23.0 Å². The van der Waals surface area contributed by atoms with Gasteiger partial charge in [0.15, 0.2) is 11.5 Å². The van der Waals surface area contributed by atoms with E-state index in [1.807, 2.05) is 0 Å². The van der Waals surface area contributed by atoms with Crippen LogP contribution < -0.4 is 20.1 Å². The number of ether oxygens (including phenoxy) is 3. The molecule has 0 saturated heterocycles. The van der Waals surface area contributed by atoms with Crippen molar-refractivity contribution in [1.29, 1.82) is 0 Å². The predicted molar refractivity (Wildman–Crippen MR) is 108 cm³/mol. The molecule has 1 aromatic heterocycles. The molecule has 2 amide bonds. The van der Waals surface area contributed by atoms with Gasteiger partial charge in [-0.15, -0.1) is 10.2 Å². The summed E-state index contributed by atoms with van der Waals surface area (Å²) in [5.41, 5.74) is 1.48. The first kappa shape index (κ1) is 21.5. The van der Waals surface area contributed by atoms with Crippen molar-refractivity contribution in [3.63, 3.8) is 0 Å². The second kappa shape index (κ2) is 9.53. The lowest BCUT2D eigenvalue weighted by Gasteiger charge is -2.26. The first-order chi connectivity index (χ1) is 14.5. The molecular formula is C19H22N4O6S. The number of esters is 1. The van der Waals surface area contributed by atoms with Crippen LogP contribution in [0.4, 0.5) is 4.79 Å². The molecule has 0 spiro atoms. The topological polar surface area (TPSA) is 125 Å². The Morgan fingerprint density at radius 1 is 1.23 bits per heavy atom. The number of hydrogen-bond donors (Lipinski definition) is 2. The average Bonchev–Trinajstić information content (AvgIpc) is 3.20. The highest BCUT2D eigenvalue weighted by atomic mass is 32.2. The minimum absolute atomic E-state index is 0.238. The summed E-state index contributed by atoms with van der Waals surface area (Å²) in [6, 6.07) is 4.39. The van der Waals surface area contributed by atoms with Crippen molar-refractivity contribution >= 4 is 23.8 Å². The van der Waals surface area contributed by atoms with Crippen LogP contribution in [0.15, 0.2) is 39.1 Å². The van der Waals surface area contributed by atoms with Gasteiger partial charge in [-0.2, -0.15) is 0 Å². The predicted octanol–water partition coefficient (Wildman–Crippen LogP) is 2.36. The van der Waals surface area contributed by atoms with Gasteiger partial charge in [-0.25, -0.2) is 9.59 Å². The molecule has 30 heavy (non-hydrogen) atoms. The number of aromatic nitrogens is 2. The fourth-order valence-corrected chi connectivity index (χ4v) is 3.61. The third kappa shape index (κ3) is 4.67. The van der Waals surface area contributed by atoms with Crippen LogP contribution in [-0.4, -0.2) is 54.8 Å². The number of benzene rings is 1. The van der Waals surface area contributed by atoms with Crippen LogP contribution in [0, 0.1) is 0 Å². The van der Waals surface area contributed by atoms with Gasteiger partial charge in [-0.3, -0.25) is 0 Å². The van der Waals surface area contributed by atoms with Crippen LogP contribution in [0.2, 0.25) is 0 Å². The summed E-state index contributed by atoms with van der Waals surface area (Å²) in [6.07, 6.45) is 0. The van der Waals surface area contributed by atoms with Crippen molar-refractivity contribution < 1.29 is 28.2 Å². The highest BCUT2D eigenvalue weighted by molar-refractivity contribution is 7.99. The summed E-state index contributed by atoms with van der Waals surface area (Å²) >= 11 is 1.20. The zero-order chi connectivity index (χ0) is 21.7. The van der Waals surface area contributed by atoms with Gasteiger partial charge in [0.2, 0.25) is 5.89 Å². The number of nitrogens with one attached hydrogen (secondary N) is 2. The molecule has 2 aromatic rings. The van der Waals surface area contributed by atoms with Crippen molar-refractivity contribution in [2.75, 3.05) is 26.6 Å². The van der Waals surface area contributed by atoms with Gasteiger partial charge >= 0.3 is 12.0 Å². The number of urea groups is 1. The second-order valence-corrected chi connectivity index (χ2v) is 7.09. The number of methoxy groups -OCH3 is 2. The fourth-order valence-electron chi connectivity index (χ4n) is 2.88. The second-order valence-electron chi connectivity index (χ2n) is 6.16. The van der Waals surface area contributed by atoms with E-state index in [4.69, 9.17) is 18.6 Å². The van der Waals surface area contributed by atoms with Crippen molar-refractivity contribution in [2.24, 2.45) is 0 Å². The quantitative estimate of drug-likeness (QED) is 0.476. The third-order valence-corrected chi connectivity index (χ3v) is 5.09. The molecule has 0 fully saturated rings. The van der Waals surface area contributed by atoms with Crippen molar-refractivity contribution in [2.45, 2.75) is 25.1 Å². The van der Waals surface area contributed by atoms with Gasteiger partial charge in [0.25, 0.3) is 5.22 Å². The molecule has 0 unspecified atom stereocenters. The summed E-state index contributed by atoms with van der Waals surface area (Å²) in [6.45, 7) is 3.68. The molecule has 2 N–H and O–H groups in total. The van der Waals surface area contributed by atoms with Gasteiger partial charge < -0.3 is 29.3 Å². The van der Waals surface area contributed by atoms with Gasteiger partial charge in [0.05, 0.1) is 32.4 Å². The summed E-state index contributed by atoms with van der Waals surface area (Å²) in [4.78, 5) is 24.1. The molecule has 1 atom stereocenters. The van der Waals surface area contributed by atoms with E-state index in [9.17, 15) is 9.59 Å². The van der Waals surface area contributed by atoms with E-state index >= 15 is 0 Å². The molecule has 2 heterocycles. The standard InChI is InChI=1S/C19H22N4O6S/c1-5-28-17(24)15-10(2)20-18(25)21-12(15)9-30-19-23-22-16(29-19)11-6-7-13(26-3)14(8-11)27-4/h6-8,10H,5,9H2,1-4H3,(H2,20,21,25)/t10-/m0/s1. The average molecular weight is 434 g/mol. The van der Waals surface area contributed by atoms with Crippen LogP contribution >= 0.6 is 11.8 Å². The highest BCUT2D eigenvalue weighted by Gasteiger charge is 2.30. The first-order valence-electron chi connectivity index (χ1n) is 9.13. The van der Waals surface area contributed by atoms with Crippen LogP contribution in [0.5, 0.6) is 11.5 Å². The van der Waals surface area contributed by atoms with E-state index in [1.165, 1.54) is 11.8 Å². The summed E-state index contributed by atoms with van der Waals surface area (Å²) in [5, 5.41) is 13.7. The molecule has 1 aliphatic rings. The van der Waals surface area contributed by atoms with Gasteiger partial charge in [-0.05, 0) is 32.0 Å². The Hall–Kier alpha value is -3.21. The number of hydrogen-bond acceptors (Lipinski definition) is 9. The third-order valence-electron chi connectivity index (χ3n) is 4.24. The highest BCUT2D eigenvalue weighted by Crippen LogP contribution is 2.33. The Balaban J connectivity index is 1.77. The molecule has 1 aliphatic heterocycles. The summed E-state index contributed by atoms with van der Waals surface area (Å²) in [7, 11) is 3.10. The minimum Gasteiger partial charge on any atom is -0.493 e. The van der Waals surface area contributed by atoms with Crippen LogP contribution in [0.3, 0.4) is 0 Å². The fraction of sp³-hybridized carbons (Fsp3) is 0.368. The van der Waals surface area contributed by atoms with E-state index in [0.29, 0.717) is 34.2 Å². The number of carbonyl (C=O) groups excluding carboxylic acids is 2. The van der Waals surface area contributed by atoms with Crippen LogP contribution in [-0.2, 0) is 9.53 Å². The SMILES string of the molecule is CCOC(=O)C1=C(CSc2nnc(-c3ccc(OC)c(OC)c3)o2)NC(=O)N[C@H]1C. The van der Waals surface area contributed by atoms with E-state index in [-0.39, 0.29) is 23.6 Å². The normalized spacial score (nSPS) is 16.0. The molecular weight excluding hydrogens is 412 g/mol. The molecule has 0 saturated carbocycles. The van der Waals surface area contributed by atoms with E-state index in [1.54, 1.807) is 46.3 Å². The smallest absolute Gasteiger partial charge is 0.337 e. The number of carbonyl (C=O) groups is 2. The molecule has 0 bridgehead atoms. The van der Waals surface area contributed by atoms with Crippen molar-refractivity contribution in [3.05, 3.63) is 29.5 Å². The molecule has 3 rings (SSSR count). The lowest BCUT2D eigenvalue weighted by Crippen LogP contribution is -2.49. The maximum atomic E-state index is 12.3. The number of rotatable bonds is 8. The molecule has 10 nitrogen and oxygen atoms in total. The molecule has 160 valence electrons. The molecule has 0 aliphatic carbocycles. The Morgan fingerprint density at radius 2 is 2.00 bits per heavy atom. The number of nitrogens with zero attached hydrogens (tertiary/aromatic N) is 2. The van der Waals surface area contributed by atoms with Gasteiger partial charge in [0.1, 0.15) is 0 Å². The maximum Gasteiger partial charge on any atom is 0.337 e. The van der Waals surface area contributed by atoms with E-state index in [0.717, 1.165) is 0 Å². The summed E-state index contributed by atoms with van der Waals surface area (Å²) in [5.74, 6) is 1.20. The Labute approximate surface area is 177 Å². The Morgan fingerprint density at radius 3 is 2.70 bits per heavy atom. The summed E-state index contributed by atoms with van der Waals surface area (Å²) < 4.78 is 21.3. The monoisotopic (exact) mass is 434 g/mol. The lowest BCUT2D eigenvalue weighted by atomic mass is 10.1.